The van der Waals surface area contributed by atoms with E-state index in [4.69, 9.17) is 20.4 Å². The monoisotopic (exact) mass is 496 g/mol. The molecule has 0 atom stereocenters. The number of benzene rings is 1. The topological polar surface area (TPSA) is 67.7 Å². The van der Waals surface area contributed by atoms with E-state index in [1.807, 2.05) is 48.5 Å². The number of aliphatic imine (C=N–C) groups is 1. The average molecular weight is 497 g/mol. The summed E-state index contributed by atoms with van der Waals surface area (Å²) in [5.41, 5.74) is 1.81. The third kappa shape index (κ3) is 5.27. The van der Waals surface area contributed by atoms with Crippen LogP contribution < -0.4 is 5.32 Å². The van der Waals surface area contributed by atoms with Gasteiger partial charge in [0.25, 0.3) is 5.91 Å². The molecule has 1 aromatic carbocycles. The Hall–Kier alpha value is -2.74. The van der Waals surface area contributed by atoms with E-state index in [0.29, 0.717) is 22.9 Å². The Morgan fingerprint density at radius 1 is 1.15 bits per heavy atom. The standard InChI is InChI=1S/C25H21ClN2O3S2/c26-16-7-10-19(11-8-16)32-22-12-9-18(31-22)15-28-25-23(20-5-1-2-6-21(20)33-25)24(29)27-14-17-4-3-13-30-17/h3-4,7-13,15H,1-2,5-6,14H2,(H,27,29). The second-order valence-electron chi connectivity index (χ2n) is 7.62. The van der Waals surface area contributed by atoms with E-state index in [1.165, 1.54) is 16.6 Å². The van der Waals surface area contributed by atoms with E-state index in [9.17, 15) is 4.79 Å². The van der Waals surface area contributed by atoms with Crippen LogP contribution in [0.2, 0.25) is 5.02 Å². The van der Waals surface area contributed by atoms with Crippen LogP contribution in [-0.2, 0) is 19.4 Å². The molecule has 0 unspecified atom stereocenters. The fourth-order valence-corrected chi connectivity index (χ4v) is 5.88. The number of halogens is 1. The van der Waals surface area contributed by atoms with Crippen LogP contribution in [-0.4, -0.2) is 12.1 Å². The number of thiophene rings is 1. The third-order valence-corrected chi connectivity index (χ3v) is 7.71. The highest BCUT2D eigenvalue weighted by molar-refractivity contribution is 7.99. The number of carbonyl (C=O) groups is 1. The number of nitrogens with zero attached hydrogens (tertiary/aromatic N) is 1. The normalized spacial score (nSPS) is 13.4. The molecular weight excluding hydrogens is 476 g/mol. The molecular formula is C25H21ClN2O3S2. The molecule has 0 spiro atoms. The maximum Gasteiger partial charge on any atom is 0.255 e. The fraction of sp³-hybridized carbons (Fsp3) is 0.200. The molecule has 0 aliphatic heterocycles. The van der Waals surface area contributed by atoms with Crippen LogP contribution in [0.4, 0.5) is 5.00 Å². The maximum atomic E-state index is 13.1. The van der Waals surface area contributed by atoms with Crippen molar-refractivity contribution in [3.8, 4) is 0 Å². The molecule has 0 saturated carbocycles. The summed E-state index contributed by atoms with van der Waals surface area (Å²) < 4.78 is 11.2. The lowest BCUT2D eigenvalue weighted by Gasteiger charge is -2.12. The number of carbonyl (C=O) groups excluding carboxylic acids is 1. The molecule has 1 N–H and O–H groups in total. The first-order valence-electron chi connectivity index (χ1n) is 10.7. The SMILES string of the molecule is O=C(NCc1ccco1)c1c(N=Cc2ccc(Sc3ccc(Cl)cc3)o2)sc2c1CCCC2. The van der Waals surface area contributed by atoms with Crippen molar-refractivity contribution >= 4 is 51.8 Å². The van der Waals surface area contributed by atoms with Gasteiger partial charge in [-0.3, -0.25) is 4.79 Å². The zero-order valence-corrected chi connectivity index (χ0v) is 20.1. The van der Waals surface area contributed by atoms with Gasteiger partial charge < -0.3 is 14.2 Å². The van der Waals surface area contributed by atoms with Gasteiger partial charge in [-0.1, -0.05) is 23.4 Å². The first kappa shape index (κ1) is 22.1. The lowest BCUT2D eigenvalue weighted by Crippen LogP contribution is -2.23. The Bertz CT molecular complexity index is 1270. The van der Waals surface area contributed by atoms with Gasteiger partial charge in [0.2, 0.25) is 0 Å². The number of rotatable bonds is 7. The summed E-state index contributed by atoms with van der Waals surface area (Å²) in [5, 5.41) is 5.17. The predicted molar refractivity (Wildman–Crippen MR) is 132 cm³/mol. The Morgan fingerprint density at radius 2 is 2.00 bits per heavy atom. The van der Waals surface area contributed by atoms with Crippen molar-refractivity contribution in [2.24, 2.45) is 4.99 Å². The van der Waals surface area contributed by atoms with E-state index in [2.05, 4.69) is 10.3 Å². The van der Waals surface area contributed by atoms with Crippen LogP contribution in [0.1, 0.15) is 45.2 Å². The van der Waals surface area contributed by atoms with Crippen molar-refractivity contribution in [1.82, 2.24) is 5.32 Å². The van der Waals surface area contributed by atoms with Crippen LogP contribution in [0.15, 0.2) is 78.6 Å². The third-order valence-electron chi connectivity index (χ3n) is 5.33. The molecule has 0 saturated heterocycles. The van der Waals surface area contributed by atoms with Gasteiger partial charge in [0.1, 0.15) is 16.5 Å². The van der Waals surface area contributed by atoms with Gasteiger partial charge >= 0.3 is 0 Å². The lowest BCUT2D eigenvalue weighted by molar-refractivity contribution is 0.0948. The Balaban J connectivity index is 1.34. The molecule has 0 radical (unpaired) electrons. The van der Waals surface area contributed by atoms with Crippen molar-refractivity contribution < 1.29 is 13.6 Å². The quantitative estimate of drug-likeness (QED) is 0.272. The number of hydrogen-bond acceptors (Lipinski definition) is 6. The van der Waals surface area contributed by atoms with E-state index < -0.39 is 0 Å². The summed E-state index contributed by atoms with van der Waals surface area (Å²) in [7, 11) is 0. The van der Waals surface area contributed by atoms with Gasteiger partial charge in [-0.25, -0.2) is 4.99 Å². The summed E-state index contributed by atoms with van der Waals surface area (Å²) >= 11 is 9.07. The molecule has 0 bridgehead atoms. The molecule has 1 amide bonds. The molecule has 5 nitrogen and oxygen atoms in total. The smallest absolute Gasteiger partial charge is 0.255 e. The van der Waals surface area contributed by atoms with Crippen molar-refractivity contribution in [3.05, 3.63) is 87.3 Å². The minimum atomic E-state index is -0.114. The first-order chi connectivity index (χ1) is 16.2. The van der Waals surface area contributed by atoms with Crippen LogP contribution in [0, 0.1) is 0 Å². The highest BCUT2D eigenvalue weighted by atomic mass is 35.5. The minimum Gasteiger partial charge on any atom is -0.467 e. The summed E-state index contributed by atoms with van der Waals surface area (Å²) in [6.45, 7) is 0.350. The molecule has 1 aliphatic rings. The van der Waals surface area contributed by atoms with Crippen LogP contribution in [0.3, 0.4) is 0 Å². The van der Waals surface area contributed by atoms with E-state index in [-0.39, 0.29) is 5.91 Å². The van der Waals surface area contributed by atoms with E-state index >= 15 is 0 Å². The highest BCUT2D eigenvalue weighted by Gasteiger charge is 2.25. The number of aryl methyl sites for hydroxylation is 1. The molecule has 168 valence electrons. The number of hydrogen-bond donors (Lipinski definition) is 1. The fourth-order valence-electron chi connectivity index (χ4n) is 3.75. The molecule has 33 heavy (non-hydrogen) atoms. The summed E-state index contributed by atoms with van der Waals surface area (Å²) in [4.78, 5) is 20.0. The minimum absolute atomic E-state index is 0.114. The van der Waals surface area contributed by atoms with Crippen LogP contribution in [0.25, 0.3) is 0 Å². The molecule has 0 fully saturated rings. The summed E-state index contributed by atoms with van der Waals surface area (Å²) in [5.74, 6) is 1.25. The first-order valence-corrected chi connectivity index (χ1v) is 12.7. The summed E-state index contributed by atoms with van der Waals surface area (Å²) in [6.07, 6.45) is 7.44. The average Bonchev–Trinajstić information content (AvgIpc) is 3.57. The van der Waals surface area contributed by atoms with Gasteiger partial charge in [0.05, 0.1) is 24.6 Å². The largest absolute Gasteiger partial charge is 0.467 e. The van der Waals surface area contributed by atoms with Gasteiger partial charge in [0.15, 0.2) is 5.09 Å². The molecule has 3 heterocycles. The predicted octanol–water partition coefficient (Wildman–Crippen LogP) is 7.30. The van der Waals surface area contributed by atoms with Crippen molar-refractivity contribution in [2.45, 2.75) is 42.2 Å². The number of furan rings is 2. The molecule has 4 aromatic rings. The zero-order chi connectivity index (χ0) is 22.6. The zero-order valence-electron chi connectivity index (χ0n) is 17.7. The van der Waals surface area contributed by atoms with Crippen LogP contribution >= 0.6 is 34.7 Å². The maximum absolute atomic E-state index is 13.1. The second kappa shape index (κ2) is 10.0. The Kier molecular flexibility index (Phi) is 6.71. The molecule has 8 heteroatoms. The number of amides is 1. The summed E-state index contributed by atoms with van der Waals surface area (Å²) in [6, 6.07) is 15.1. The highest BCUT2D eigenvalue weighted by Crippen LogP contribution is 2.40. The molecule has 3 aromatic heterocycles. The van der Waals surface area contributed by atoms with Gasteiger partial charge in [0, 0.05) is 14.8 Å². The Labute approximate surface area is 204 Å². The van der Waals surface area contributed by atoms with Gasteiger partial charge in [-0.2, -0.15) is 0 Å². The molecule has 1 aliphatic carbocycles. The number of nitrogens with one attached hydrogen (secondary N) is 1. The van der Waals surface area contributed by atoms with Gasteiger partial charge in [-0.05, 0) is 79.8 Å². The van der Waals surface area contributed by atoms with Crippen molar-refractivity contribution in [3.63, 3.8) is 0 Å². The second-order valence-corrected chi connectivity index (χ2v) is 10.2. The number of fused-ring (bicyclic) bond motifs is 1. The van der Waals surface area contributed by atoms with Crippen LogP contribution in [0.5, 0.6) is 0 Å². The van der Waals surface area contributed by atoms with E-state index in [0.717, 1.165) is 52.0 Å². The lowest BCUT2D eigenvalue weighted by atomic mass is 9.95. The molecule has 5 rings (SSSR count). The van der Waals surface area contributed by atoms with E-state index in [1.54, 1.807) is 23.8 Å². The Morgan fingerprint density at radius 3 is 2.82 bits per heavy atom. The van der Waals surface area contributed by atoms with Gasteiger partial charge in [-0.15, -0.1) is 11.3 Å². The van der Waals surface area contributed by atoms with Crippen molar-refractivity contribution in [1.29, 1.82) is 0 Å². The van der Waals surface area contributed by atoms with Crippen molar-refractivity contribution in [2.75, 3.05) is 0 Å².